The Morgan fingerprint density at radius 2 is 2.00 bits per heavy atom. The first kappa shape index (κ1) is 20.9. The number of aromatic amines is 1. The molecule has 2 amide bonds. The van der Waals surface area contributed by atoms with Gasteiger partial charge in [0.2, 0.25) is 0 Å². The van der Waals surface area contributed by atoms with E-state index in [2.05, 4.69) is 15.3 Å². The first-order valence-electron chi connectivity index (χ1n) is 9.83. The molecular formula is C23H16ClFN4O4. The largest absolute Gasteiger partial charge is 0.414 e. The molecule has 0 saturated carbocycles. The summed E-state index contributed by atoms with van der Waals surface area (Å²) in [7, 11) is 1.42. The van der Waals surface area contributed by atoms with Gasteiger partial charge in [0, 0.05) is 28.8 Å². The number of benzene rings is 3. The average Bonchev–Trinajstić information content (AvgIpc) is 3.29. The molecule has 0 saturated heterocycles. The Morgan fingerprint density at radius 3 is 2.76 bits per heavy atom. The maximum absolute atomic E-state index is 14.2. The van der Waals surface area contributed by atoms with Gasteiger partial charge in [-0.1, -0.05) is 35.9 Å². The Morgan fingerprint density at radius 1 is 1.21 bits per heavy atom. The van der Waals surface area contributed by atoms with Crippen LogP contribution >= 0.6 is 11.6 Å². The third-order valence-corrected chi connectivity index (χ3v) is 5.64. The second kappa shape index (κ2) is 7.58. The van der Waals surface area contributed by atoms with Gasteiger partial charge in [-0.25, -0.2) is 9.18 Å². The van der Waals surface area contributed by atoms with E-state index in [-0.39, 0.29) is 22.3 Å². The van der Waals surface area contributed by atoms with Crippen molar-refractivity contribution < 1.29 is 23.8 Å². The second-order valence-corrected chi connectivity index (χ2v) is 7.84. The van der Waals surface area contributed by atoms with Gasteiger partial charge in [0.1, 0.15) is 5.82 Å². The van der Waals surface area contributed by atoms with Crippen molar-refractivity contribution in [2.24, 2.45) is 0 Å². The third kappa shape index (κ3) is 3.29. The first-order valence-corrected chi connectivity index (χ1v) is 10.2. The molecule has 0 fully saturated rings. The molecule has 166 valence electrons. The summed E-state index contributed by atoms with van der Waals surface area (Å²) in [6.07, 6.45) is -0.697. The fraction of sp³-hybridized carbons (Fsp3) is 0.0870. The minimum Gasteiger partial charge on any atom is -0.375 e. The lowest BCUT2D eigenvalue weighted by Crippen LogP contribution is -2.45. The number of aromatic nitrogens is 2. The topological polar surface area (TPSA) is 108 Å². The molecular weight excluding hydrogens is 451 g/mol. The lowest BCUT2D eigenvalue weighted by Gasteiger charge is -2.35. The zero-order valence-corrected chi connectivity index (χ0v) is 17.9. The molecule has 4 aromatic rings. The number of H-pyrrole nitrogens is 1. The van der Waals surface area contributed by atoms with Crippen molar-refractivity contribution in [3.63, 3.8) is 0 Å². The number of hydrogen-bond acceptors (Lipinski definition) is 5. The molecule has 1 aliphatic heterocycles. The number of ether oxygens (including phenoxy) is 1. The van der Waals surface area contributed by atoms with Crippen molar-refractivity contribution in [3.8, 4) is 6.01 Å². The smallest absolute Gasteiger partial charge is 0.375 e. The molecule has 8 nitrogen and oxygen atoms in total. The lowest BCUT2D eigenvalue weighted by atomic mass is 9.93. The van der Waals surface area contributed by atoms with Crippen LogP contribution < -0.4 is 15.0 Å². The van der Waals surface area contributed by atoms with Gasteiger partial charge in [0.25, 0.3) is 5.91 Å². The van der Waals surface area contributed by atoms with E-state index in [4.69, 9.17) is 16.3 Å². The summed E-state index contributed by atoms with van der Waals surface area (Å²) in [6, 6.07) is 15.0. The van der Waals surface area contributed by atoms with Crippen molar-refractivity contribution >= 4 is 40.3 Å². The molecule has 1 aliphatic rings. The van der Waals surface area contributed by atoms with Crippen LogP contribution in [-0.2, 0) is 5.72 Å². The molecule has 1 unspecified atom stereocenters. The number of halogens is 2. The van der Waals surface area contributed by atoms with Gasteiger partial charge in [-0.15, -0.1) is 0 Å². The maximum Gasteiger partial charge on any atom is 0.414 e. The highest BCUT2D eigenvalue weighted by atomic mass is 35.5. The molecule has 0 bridgehead atoms. The number of imidazole rings is 1. The minimum atomic E-state index is -1.97. The van der Waals surface area contributed by atoms with E-state index in [0.717, 1.165) is 17.0 Å². The number of amides is 2. The molecule has 1 aromatic heterocycles. The van der Waals surface area contributed by atoms with Gasteiger partial charge in [0.15, 0.2) is 5.72 Å². The second-order valence-electron chi connectivity index (χ2n) is 7.40. The molecule has 1 atom stereocenters. The van der Waals surface area contributed by atoms with Crippen LogP contribution in [0.1, 0.15) is 21.5 Å². The van der Waals surface area contributed by atoms with Gasteiger partial charge in [0.05, 0.1) is 16.7 Å². The highest BCUT2D eigenvalue weighted by Crippen LogP contribution is 2.45. The number of fused-ring (bicyclic) bond motifs is 2. The van der Waals surface area contributed by atoms with Crippen LogP contribution in [0, 0.1) is 5.82 Å². The highest BCUT2D eigenvalue weighted by Gasteiger charge is 2.51. The first-order chi connectivity index (χ1) is 15.8. The quantitative estimate of drug-likeness (QED) is 0.424. The Kier molecular flexibility index (Phi) is 4.80. The number of aliphatic hydroxyl groups is 1. The monoisotopic (exact) mass is 466 g/mol. The zero-order chi connectivity index (χ0) is 23.3. The molecule has 0 radical (unpaired) electrons. The van der Waals surface area contributed by atoms with Gasteiger partial charge in [-0.2, -0.15) is 4.98 Å². The summed E-state index contributed by atoms with van der Waals surface area (Å²) in [4.78, 5) is 33.0. The van der Waals surface area contributed by atoms with Crippen molar-refractivity contribution in [1.82, 2.24) is 15.3 Å². The van der Waals surface area contributed by atoms with E-state index in [0.29, 0.717) is 22.2 Å². The van der Waals surface area contributed by atoms with Crippen LogP contribution in [0.15, 0.2) is 60.7 Å². The normalized spacial score (nSPS) is 17.3. The van der Waals surface area contributed by atoms with Crippen molar-refractivity contribution in [3.05, 3.63) is 88.2 Å². The predicted octanol–water partition coefficient (Wildman–Crippen LogP) is 3.93. The van der Waals surface area contributed by atoms with E-state index in [1.165, 1.54) is 13.1 Å². The minimum absolute atomic E-state index is 0.0369. The van der Waals surface area contributed by atoms with Crippen molar-refractivity contribution in [2.75, 3.05) is 11.9 Å². The Labute approximate surface area is 191 Å². The van der Waals surface area contributed by atoms with Crippen molar-refractivity contribution in [1.29, 1.82) is 0 Å². The van der Waals surface area contributed by atoms with Crippen LogP contribution in [-0.4, -0.2) is 34.1 Å². The third-order valence-electron chi connectivity index (χ3n) is 5.42. The standard InChI is InChI=1S/C23H16ClFN4O4/c1-26-22(31)33-21-27-18-7-6-12(8-19(18)28-21)23(32)17-5-3-2-4-16(17)20(30)29(23)15-10-13(24)9-14(25)11-15/h2-11,32H,1H3,(H,26,31)(H,27,28). The molecule has 2 heterocycles. The zero-order valence-electron chi connectivity index (χ0n) is 17.1. The van der Waals surface area contributed by atoms with Crippen LogP contribution in [0.4, 0.5) is 14.9 Å². The van der Waals surface area contributed by atoms with Gasteiger partial charge < -0.3 is 20.1 Å². The van der Waals surface area contributed by atoms with Crippen LogP contribution in [0.2, 0.25) is 5.02 Å². The van der Waals surface area contributed by atoms with E-state index >= 15 is 0 Å². The fourth-order valence-corrected chi connectivity index (χ4v) is 4.22. The molecule has 0 spiro atoms. The van der Waals surface area contributed by atoms with E-state index in [1.807, 2.05) is 0 Å². The summed E-state index contributed by atoms with van der Waals surface area (Å²) >= 11 is 6.04. The summed E-state index contributed by atoms with van der Waals surface area (Å²) in [6.45, 7) is 0. The van der Waals surface area contributed by atoms with Gasteiger partial charge >= 0.3 is 12.1 Å². The summed E-state index contributed by atoms with van der Waals surface area (Å²) in [5.41, 5.74) is -0.0369. The maximum atomic E-state index is 14.2. The fourth-order valence-electron chi connectivity index (χ4n) is 4.01. The molecule has 10 heteroatoms. The summed E-state index contributed by atoms with van der Waals surface area (Å²) < 4.78 is 19.2. The van der Waals surface area contributed by atoms with Crippen LogP contribution in [0.3, 0.4) is 0 Å². The molecule has 0 aliphatic carbocycles. The van der Waals surface area contributed by atoms with E-state index in [1.54, 1.807) is 42.5 Å². The SMILES string of the molecule is CNC(=O)Oc1nc2ccc(C3(O)c4ccccc4C(=O)N3c3cc(F)cc(Cl)c3)cc2[nH]1. The average molecular weight is 467 g/mol. The number of nitrogens with one attached hydrogen (secondary N) is 2. The number of carbonyl (C=O) groups excluding carboxylic acids is 2. The molecule has 3 N–H and O–H groups in total. The van der Waals surface area contributed by atoms with E-state index < -0.39 is 23.5 Å². The Bertz CT molecular complexity index is 1420. The summed E-state index contributed by atoms with van der Waals surface area (Å²) in [5.74, 6) is -1.16. The number of nitrogens with zero attached hydrogens (tertiary/aromatic N) is 2. The summed E-state index contributed by atoms with van der Waals surface area (Å²) in [5, 5.41) is 14.4. The molecule has 3 aromatic carbocycles. The van der Waals surface area contributed by atoms with Crippen molar-refractivity contribution in [2.45, 2.75) is 5.72 Å². The van der Waals surface area contributed by atoms with Gasteiger partial charge in [-0.05, 0) is 36.4 Å². The molecule has 33 heavy (non-hydrogen) atoms. The van der Waals surface area contributed by atoms with Crippen LogP contribution in [0.25, 0.3) is 11.0 Å². The predicted molar refractivity (Wildman–Crippen MR) is 119 cm³/mol. The number of hydrogen-bond donors (Lipinski definition) is 3. The van der Waals surface area contributed by atoms with Crippen LogP contribution in [0.5, 0.6) is 6.01 Å². The number of rotatable bonds is 3. The molecule has 5 rings (SSSR count). The Balaban J connectivity index is 1.69. The van der Waals surface area contributed by atoms with E-state index in [9.17, 15) is 19.1 Å². The number of carbonyl (C=O) groups is 2. The lowest BCUT2D eigenvalue weighted by molar-refractivity contribution is 0.0704. The number of anilines is 1. The Hall–Kier alpha value is -3.95. The van der Waals surface area contributed by atoms with Gasteiger partial charge in [-0.3, -0.25) is 9.69 Å². The highest BCUT2D eigenvalue weighted by molar-refractivity contribution is 6.31.